The molecule has 16 N–H and O–H groups in total. The van der Waals surface area contributed by atoms with Crippen molar-refractivity contribution in [3.63, 3.8) is 0 Å². The molecular formula is C29H49NO24. The van der Waals surface area contributed by atoms with Gasteiger partial charge in [0.2, 0.25) is 5.91 Å². The average Bonchev–Trinajstić information content (AvgIpc) is 3.13. The summed E-state index contributed by atoms with van der Waals surface area (Å²) in [6, 6.07) is -1.59. The average molecular weight is 796 g/mol. The van der Waals surface area contributed by atoms with E-state index in [2.05, 4.69) is 5.32 Å². The van der Waals surface area contributed by atoms with E-state index in [0.29, 0.717) is 0 Å². The fourth-order valence-corrected chi connectivity index (χ4v) is 6.65. The first-order valence-electron chi connectivity index (χ1n) is 16.7. The minimum absolute atomic E-state index is 0.783. The van der Waals surface area contributed by atoms with E-state index in [1.54, 1.807) is 0 Å². The molecule has 4 heterocycles. The molecule has 1 amide bonds. The van der Waals surface area contributed by atoms with Crippen LogP contribution in [-0.2, 0) is 42.7 Å². The quantitative estimate of drug-likeness (QED) is 0.0776. The van der Waals surface area contributed by atoms with E-state index < -0.39 is 173 Å². The van der Waals surface area contributed by atoms with E-state index in [9.17, 15) is 86.2 Å². The van der Waals surface area contributed by atoms with Crippen molar-refractivity contribution in [2.75, 3.05) is 26.4 Å². The van der Waals surface area contributed by atoms with E-state index >= 15 is 0 Å². The van der Waals surface area contributed by atoms with Gasteiger partial charge in [0.05, 0.1) is 38.6 Å². The Hall–Kier alpha value is -1.90. The number of carboxylic acids is 1. The van der Waals surface area contributed by atoms with Gasteiger partial charge in [0.25, 0.3) is 5.79 Å². The topological polar surface area (TPSA) is 414 Å². The number of aliphatic hydroxyl groups excluding tert-OH is 14. The molecule has 0 bridgehead atoms. The summed E-state index contributed by atoms with van der Waals surface area (Å²) in [4.78, 5) is 24.6. The van der Waals surface area contributed by atoms with Crippen LogP contribution >= 0.6 is 0 Å². The van der Waals surface area contributed by atoms with Gasteiger partial charge < -0.3 is 115 Å². The predicted molar refractivity (Wildman–Crippen MR) is 163 cm³/mol. The third-order valence-electron chi connectivity index (χ3n) is 9.58. The number of rotatable bonds is 14. The van der Waals surface area contributed by atoms with Crippen LogP contribution in [0.4, 0.5) is 0 Å². The van der Waals surface area contributed by atoms with Crippen LogP contribution in [0, 0.1) is 0 Å². The predicted octanol–water partition coefficient (Wildman–Crippen LogP) is -10.4. The summed E-state index contributed by atoms with van der Waals surface area (Å²) in [5, 5.41) is 158. The fraction of sp³-hybridized carbons (Fsp3) is 0.931. The maximum absolute atomic E-state index is 12.7. The molecule has 0 unspecified atom stereocenters. The van der Waals surface area contributed by atoms with Crippen molar-refractivity contribution >= 4 is 11.9 Å². The lowest BCUT2D eigenvalue weighted by molar-refractivity contribution is -0.392. The maximum Gasteiger partial charge on any atom is 0.364 e. The van der Waals surface area contributed by atoms with Gasteiger partial charge >= 0.3 is 5.97 Å². The van der Waals surface area contributed by atoms with E-state index in [4.69, 9.17) is 33.2 Å². The number of aliphatic hydroxyl groups is 14. The molecule has 4 saturated heterocycles. The molecule has 4 rings (SSSR count). The molecule has 0 aliphatic carbocycles. The first kappa shape index (κ1) is 44.8. The van der Waals surface area contributed by atoms with Crippen molar-refractivity contribution in [2.24, 2.45) is 0 Å². The monoisotopic (exact) mass is 795 g/mol. The molecule has 25 heteroatoms. The SMILES string of the molecule is CC(=O)N[C@H]1[C@H]([C@H](O)[C@H](O)CO)O[C@@](O[C@H]2[C@@H](O)[C@@H](CO)O[C@H](O[C@@H]3[C@H](O)[C@@H](O)[C@H](O[C@H]4[C@H](O)[C@@H](O)[C@@H](O)O[C@@H]4CO)O[C@@H]3CO)[C@@H]2O)(C(=O)O)C[C@@H]1O. The summed E-state index contributed by atoms with van der Waals surface area (Å²) in [5.74, 6) is -5.91. The van der Waals surface area contributed by atoms with Gasteiger partial charge in [0, 0.05) is 13.3 Å². The second-order valence-corrected chi connectivity index (χ2v) is 13.3. The Labute approximate surface area is 305 Å². The van der Waals surface area contributed by atoms with Crippen LogP contribution in [0.3, 0.4) is 0 Å². The number of carbonyl (C=O) groups is 2. The number of nitrogens with one attached hydrogen (secondary N) is 1. The van der Waals surface area contributed by atoms with Crippen molar-refractivity contribution in [2.45, 2.75) is 142 Å². The van der Waals surface area contributed by atoms with Crippen LogP contribution in [0.2, 0.25) is 0 Å². The number of aliphatic carboxylic acids is 1. The molecule has 0 aromatic carbocycles. The zero-order valence-electron chi connectivity index (χ0n) is 28.5. The van der Waals surface area contributed by atoms with Gasteiger partial charge in [0.15, 0.2) is 18.9 Å². The van der Waals surface area contributed by atoms with Crippen LogP contribution in [0.25, 0.3) is 0 Å². The minimum Gasteiger partial charge on any atom is -0.477 e. The second-order valence-electron chi connectivity index (χ2n) is 13.3. The van der Waals surface area contributed by atoms with Gasteiger partial charge in [-0.2, -0.15) is 0 Å². The highest BCUT2D eigenvalue weighted by molar-refractivity contribution is 5.76. The molecule has 4 fully saturated rings. The van der Waals surface area contributed by atoms with E-state index in [0.717, 1.165) is 6.92 Å². The Morgan fingerprint density at radius 1 is 0.722 bits per heavy atom. The van der Waals surface area contributed by atoms with Crippen molar-refractivity contribution < 1.29 is 119 Å². The van der Waals surface area contributed by atoms with Crippen LogP contribution in [-0.4, -0.2) is 243 Å². The van der Waals surface area contributed by atoms with Crippen LogP contribution in [0.1, 0.15) is 13.3 Å². The number of carbonyl (C=O) groups excluding carboxylic acids is 1. The third kappa shape index (κ3) is 9.12. The number of hydrogen-bond acceptors (Lipinski definition) is 23. The Kier molecular flexibility index (Phi) is 15.4. The highest BCUT2D eigenvalue weighted by atomic mass is 16.8. The number of carboxylic acid groups (broad SMARTS) is 1. The molecule has 25 nitrogen and oxygen atoms in total. The Morgan fingerprint density at radius 2 is 1.24 bits per heavy atom. The molecule has 54 heavy (non-hydrogen) atoms. The van der Waals surface area contributed by atoms with E-state index in [-0.39, 0.29) is 0 Å². The minimum atomic E-state index is -3.10. The molecular weight excluding hydrogens is 746 g/mol. The van der Waals surface area contributed by atoms with Gasteiger partial charge in [-0.05, 0) is 0 Å². The second kappa shape index (κ2) is 18.6. The molecule has 0 saturated carbocycles. The normalized spacial score (nSPS) is 47.1. The summed E-state index contributed by atoms with van der Waals surface area (Å²) in [5.41, 5.74) is 0. The van der Waals surface area contributed by atoms with E-state index in [1.807, 2.05) is 0 Å². The zero-order valence-corrected chi connectivity index (χ0v) is 28.5. The Bertz CT molecular complexity index is 1230. The summed E-state index contributed by atoms with van der Waals surface area (Å²) >= 11 is 0. The lowest BCUT2D eigenvalue weighted by atomic mass is 9.88. The molecule has 0 spiro atoms. The highest BCUT2D eigenvalue weighted by Crippen LogP contribution is 2.38. The summed E-state index contributed by atoms with van der Waals surface area (Å²) in [7, 11) is 0. The molecule has 21 atom stereocenters. The Balaban J connectivity index is 1.57. The summed E-state index contributed by atoms with van der Waals surface area (Å²) in [6.07, 6.45) is -38.3. The van der Waals surface area contributed by atoms with Crippen LogP contribution in [0.5, 0.6) is 0 Å². The molecule has 0 radical (unpaired) electrons. The lowest BCUT2D eigenvalue weighted by Gasteiger charge is -2.51. The zero-order chi connectivity index (χ0) is 40.4. The van der Waals surface area contributed by atoms with Gasteiger partial charge in [-0.3, -0.25) is 4.79 Å². The first-order chi connectivity index (χ1) is 25.4. The maximum atomic E-state index is 12.7. The molecule has 4 aliphatic rings. The highest BCUT2D eigenvalue weighted by Gasteiger charge is 2.60. The van der Waals surface area contributed by atoms with Crippen molar-refractivity contribution in [1.29, 1.82) is 0 Å². The number of amides is 1. The molecule has 4 aliphatic heterocycles. The van der Waals surface area contributed by atoms with Crippen molar-refractivity contribution in [3.05, 3.63) is 0 Å². The molecule has 0 aromatic rings. The van der Waals surface area contributed by atoms with Crippen LogP contribution < -0.4 is 5.32 Å². The summed E-state index contributed by atoms with van der Waals surface area (Å²) < 4.78 is 38.2. The van der Waals surface area contributed by atoms with E-state index in [1.165, 1.54) is 0 Å². The van der Waals surface area contributed by atoms with Crippen molar-refractivity contribution in [3.8, 4) is 0 Å². The van der Waals surface area contributed by atoms with Gasteiger partial charge in [-0.1, -0.05) is 0 Å². The fourth-order valence-electron chi connectivity index (χ4n) is 6.65. The number of hydrogen-bond donors (Lipinski definition) is 16. The standard InChI is InChI=1S/C29H49NO24/c1-7(35)30-13-8(36)2-29(28(46)47,53-23(13)14(38)9(37)3-31)54-24-15(39)10(4-32)49-27(20(24)44)52-22-12(6-34)50-26(19(43)17(22)41)51-21-11(5-33)48-25(45)18(42)16(21)40/h8-27,31-34,36-45H,2-6H2,1H3,(H,30,35)(H,46,47)/t8-,9+,10+,11+,12+,13+,14+,15-,16+,17+,18+,19+,20+,21+,22-,23+,24-,25-,26-,27+,29-/m0/s1. The lowest BCUT2D eigenvalue weighted by Crippen LogP contribution is -2.71. The van der Waals surface area contributed by atoms with Gasteiger partial charge in [-0.15, -0.1) is 0 Å². The molecule has 314 valence electrons. The first-order valence-corrected chi connectivity index (χ1v) is 16.7. The Morgan fingerprint density at radius 3 is 1.76 bits per heavy atom. The third-order valence-corrected chi connectivity index (χ3v) is 9.58. The molecule has 0 aromatic heterocycles. The van der Waals surface area contributed by atoms with Gasteiger partial charge in [-0.25, -0.2) is 4.79 Å². The number of ether oxygens (including phenoxy) is 7. The summed E-state index contributed by atoms with van der Waals surface area (Å²) in [6.45, 7) is -2.99. The van der Waals surface area contributed by atoms with Crippen molar-refractivity contribution in [1.82, 2.24) is 5.32 Å². The van der Waals surface area contributed by atoms with Crippen LogP contribution in [0.15, 0.2) is 0 Å². The smallest absolute Gasteiger partial charge is 0.364 e. The van der Waals surface area contributed by atoms with Gasteiger partial charge in [0.1, 0.15) is 91.6 Å². The largest absolute Gasteiger partial charge is 0.477 e.